The Hall–Kier alpha value is -2.36. The number of benzene rings is 1. The molecule has 1 aromatic carbocycles. The number of carbonyl (C=O) groups excluding carboxylic acids is 1. The molecule has 1 aliphatic heterocycles. The topological polar surface area (TPSA) is 70.1 Å². The summed E-state index contributed by atoms with van der Waals surface area (Å²) in [6, 6.07) is 15.8. The minimum Gasteiger partial charge on any atom is -0.490 e. The number of aromatic nitrogens is 1. The Labute approximate surface area is 208 Å². The summed E-state index contributed by atoms with van der Waals surface area (Å²) in [5.74, 6) is 1.72. The summed E-state index contributed by atoms with van der Waals surface area (Å²) in [5.41, 5.74) is 0.986. The van der Waals surface area contributed by atoms with E-state index in [2.05, 4.69) is 20.2 Å². The molecule has 0 radical (unpaired) electrons. The quantitative estimate of drug-likeness (QED) is 0.310. The lowest BCUT2D eigenvalue weighted by atomic mass is 10.1. The number of rotatable bonds is 8. The van der Waals surface area contributed by atoms with E-state index >= 15 is 0 Å². The van der Waals surface area contributed by atoms with Crippen molar-refractivity contribution in [1.29, 1.82) is 0 Å². The second-order valence-corrected chi connectivity index (χ2v) is 7.67. The molecule has 1 amide bonds. The highest BCUT2D eigenvalue weighted by Crippen LogP contribution is 2.18. The highest BCUT2D eigenvalue weighted by Gasteiger charge is 2.23. The Morgan fingerprint density at radius 1 is 1.19 bits per heavy atom. The van der Waals surface area contributed by atoms with Gasteiger partial charge in [0.15, 0.2) is 5.96 Å². The molecule has 3 rings (SSSR count). The lowest BCUT2D eigenvalue weighted by Crippen LogP contribution is -2.48. The number of aliphatic imine (C=N–C) groups is 1. The van der Waals surface area contributed by atoms with Crippen molar-refractivity contribution < 1.29 is 9.53 Å². The second kappa shape index (κ2) is 13.9. The smallest absolute Gasteiger partial charge is 0.244 e. The first kappa shape index (κ1) is 25.9. The number of carbonyl (C=O) groups is 1. The van der Waals surface area contributed by atoms with Crippen molar-refractivity contribution in [2.75, 3.05) is 39.8 Å². The van der Waals surface area contributed by atoms with Gasteiger partial charge in [-0.05, 0) is 31.2 Å². The number of guanidine groups is 1. The number of pyridine rings is 1. The third-order valence-corrected chi connectivity index (χ3v) is 5.34. The van der Waals surface area contributed by atoms with Gasteiger partial charge in [-0.2, -0.15) is 0 Å². The average Bonchev–Trinajstić information content (AvgIpc) is 2.82. The number of halogens is 1. The predicted octanol–water partition coefficient (Wildman–Crippen LogP) is 3.21. The maximum Gasteiger partial charge on any atom is 0.244 e. The summed E-state index contributed by atoms with van der Waals surface area (Å²) in [6.45, 7) is 5.29. The SMILES string of the molecule is CCNC(=NCC(=O)N(C)CCc1ccccn1)N1CCC(Oc2ccccc2)CC1.I. The number of likely N-dealkylation sites (tertiary alicyclic amines) is 1. The number of hydrogen-bond acceptors (Lipinski definition) is 4. The van der Waals surface area contributed by atoms with Crippen molar-refractivity contribution in [3.8, 4) is 5.75 Å². The summed E-state index contributed by atoms with van der Waals surface area (Å²) in [6.07, 6.45) is 4.58. The summed E-state index contributed by atoms with van der Waals surface area (Å²) in [7, 11) is 1.82. The molecule has 1 N–H and O–H groups in total. The molecule has 1 aromatic heterocycles. The molecule has 0 saturated carbocycles. The van der Waals surface area contributed by atoms with Crippen LogP contribution < -0.4 is 10.1 Å². The van der Waals surface area contributed by atoms with E-state index in [9.17, 15) is 4.79 Å². The predicted molar refractivity (Wildman–Crippen MR) is 139 cm³/mol. The molecule has 0 unspecified atom stereocenters. The number of piperidine rings is 1. The number of nitrogens with one attached hydrogen (secondary N) is 1. The lowest BCUT2D eigenvalue weighted by molar-refractivity contribution is -0.128. The zero-order chi connectivity index (χ0) is 21.9. The van der Waals surface area contributed by atoms with Gasteiger partial charge in [0.25, 0.3) is 0 Å². The number of amides is 1. The van der Waals surface area contributed by atoms with Gasteiger partial charge in [-0.15, -0.1) is 24.0 Å². The van der Waals surface area contributed by atoms with Gasteiger partial charge in [0.2, 0.25) is 5.91 Å². The monoisotopic (exact) mass is 551 g/mol. The van der Waals surface area contributed by atoms with Gasteiger partial charge in [0, 0.05) is 64.4 Å². The molecule has 0 aliphatic carbocycles. The van der Waals surface area contributed by atoms with E-state index in [0.717, 1.165) is 56.3 Å². The third kappa shape index (κ3) is 8.29. The van der Waals surface area contributed by atoms with Gasteiger partial charge in [-0.1, -0.05) is 24.3 Å². The molecular formula is C24H34IN5O2. The Balaban J connectivity index is 0.00000363. The van der Waals surface area contributed by atoms with Crippen LogP contribution in [-0.4, -0.2) is 72.5 Å². The minimum absolute atomic E-state index is 0. The number of para-hydroxylation sites is 1. The Morgan fingerprint density at radius 2 is 1.91 bits per heavy atom. The first-order chi connectivity index (χ1) is 15.2. The van der Waals surface area contributed by atoms with Gasteiger partial charge in [0.05, 0.1) is 0 Å². The van der Waals surface area contributed by atoms with E-state index in [0.29, 0.717) is 6.54 Å². The molecule has 0 spiro atoms. The van der Waals surface area contributed by atoms with Gasteiger partial charge in [-0.25, -0.2) is 4.99 Å². The van der Waals surface area contributed by atoms with E-state index in [1.165, 1.54) is 0 Å². The van der Waals surface area contributed by atoms with Crippen molar-refractivity contribution in [2.24, 2.45) is 4.99 Å². The molecule has 1 saturated heterocycles. The highest BCUT2D eigenvalue weighted by atomic mass is 127. The molecule has 1 fully saturated rings. The van der Waals surface area contributed by atoms with E-state index in [1.54, 1.807) is 11.1 Å². The number of hydrogen-bond donors (Lipinski definition) is 1. The highest BCUT2D eigenvalue weighted by molar-refractivity contribution is 14.0. The maximum atomic E-state index is 12.5. The molecule has 0 bridgehead atoms. The first-order valence-corrected chi connectivity index (χ1v) is 11.0. The fourth-order valence-electron chi connectivity index (χ4n) is 3.52. The molecule has 32 heavy (non-hydrogen) atoms. The standard InChI is InChI=1S/C24H33N5O2.HI/c1-3-25-24(27-19-23(30)28(2)16-12-20-9-7-8-15-26-20)29-17-13-22(14-18-29)31-21-10-5-4-6-11-21;/h4-11,15,22H,3,12-14,16-19H2,1-2H3,(H,25,27);1H. The van der Waals surface area contributed by atoms with Crippen LogP contribution in [0.3, 0.4) is 0 Å². The first-order valence-electron chi connectivity index (χ1n) is 11.0. The zero-order valence-corrected chi connectivity index (χ0v) is 21.3. The van der Waals surface area contributed by atoms with E-state index < -0.39 is 0 Å². The van der Waals surface area contributed by atoms with E-state index in [4.69, 9.17) is 4.74 Å². The lowest BCUT2D eigenvalue weighted by Gasteiger charge is -2.34. The average molecular weight is 551 g/mol. The third-order valence-electron chi connectivity index (χ3n) is 5.34. The summed E-state index contributed by atoms with van der Waals surface area (Å²) in [5, 5.41) is 3.32. The molecule has 174 valence electrons. The van der Waals surface area contributed by atoms with Crippen molar-refractivity contribution in [3.05, 3.63) is 60.4 Å². The van der Waals surface area contributed by atoms with Crippen LogP contribution in [0.4, 0.5) is 0 Å². The fraction of sp³-hybridized carbons (Fsp3) is 0.458. The van der Waals surface area contributed by atoms with Crippen LogP contribution in [0.15, 0.2) is 59.7 Å². The molecule has 2 heterocycles. The number of likely N-dealkylation sites (N-methyl/N-ethyl adjacent to an activating group) is 1. The molecule has 7 nitrogen and oxygen atoms in total. The van der Waals surface area contributed by atoms with Gasteiger partial charge >= 0.3 is 0 Å². The summed E-state index contributed by atoms with van der Waals surface area (Å²) < 4.78 is 6.08. The number of nitrogens with zero attached hydrogens (tertiary/aromatic N) is 4. The van der Waals surface area contributed by atoms with Crippen LogP contribution in [0, 0.1) is 0 Å². The van der Waals surface area contributed by atoms with Crippen LogP contribution in [0.25, 0.3) is 0 Å². The molecular weight excluding hydrogens is 517 g/mol. The van der Waals surface area contributed by atoms with Crippen LogP contribution in [0.5, 0.6) is 5.75 Å². The van der Waals surface area contributed by atoms with Crippen molar-refractivity contribution >= 4 is 35.8 Å². The normalized spacial score (nSPS) is 14.4. The van der Waals surface area contributed by atoms with Crippen molar-refractivity contribution in [2.45, 2.75) is 32.3 Å². The second-order valence-electron chi connectivity index (χ2n) is 7.67. The fourth-order valence-corrected chi connectivity index (χ4v) is 3.52. The zero-order valence-electron chi connectivity index (χ0n) is 18.9. The summed E-state index contributed by atoms with van der Waals surface area (Å²) >= 11 is 0. The molecule has 1 aliphatic rings. The van der Waals surface area contributed by atoms with E-state index in [-0.39, 0.29) is 42.5 Å². The van der Waals surface area contributed by atoms with Gasteiger partial charge in [0.1, 0.15) is 18.4 Å². The van der Waals surface area contributed by atoms with Crippen LogP contribution in [0.2, 0.25) is 0 Å². The van der Waals surface area contributed by atoms with Gasteiger partial charge < -0.3 is 19.9 Å². The Morgan fingerprint density at radius 3 is 2.56 bits per heavy atom. The van der Waals surface area contributed by atoms with Gasteiger partial charge in [-0.3, -0.25) is 9.78 Å². The summed E-state index contributed by atoms with van der Waals surface area (Å²) in [4.78, 5) is 25.4. The van der Waals surface area contributed by atoms with Crippen LogP contribution >= 0.6 is 24.0 Å². The largest absolute Gasteiger partial charge is 0.490 e. The number of ether oxygens (including phenoxy) is 1. The van der Waals surface area contributed by atoms with Crippen LogP contribution in [-0.2, 0) is 11.2 Å². The Kier molecular flexibility index (Phi) is 11.3. The van der Waals surface area contributed by atoms with Crippen LogP contribution in [0.1, 0.15) is 25.5 Å². The van der Waals surface area contributed by atoms with E-state index in [1.807, 2.05) is 62.5 Å². The Bertz CT molecular complexity index is 827. The van der Waals surface area contributed by atoms with Crippen molar-refractivity contribution in [1.82, 2.24) is 20.1 Å². The minimum atomic E-state index is 0. The molecule has 8 heteroatoms. The maximum absolute atomic E-state index is 12.5. The molecule has 2 aromatic rings. The van der Waals surface area contributed by atoms with Crippen molar-refractivity contribution in [3.63, 3.8) is 0 Å². The molecule has 0 atom stereocenters.